The normalized spacial score (nSPS) is 11.8. The Morgan fingerprint density at radius 1 is 1.04 bits per heavy atom. The van der Waals surface area contributed by atoms with Gasteiger partial charge in [-0.2, -0.15) is 0 Å². The van der Waals surface area contributed by atoms with Crippen molar-refractivity contribution >= 4 is 11.9 Å². The highest BCUT2D eigenvalue weighted by Crippen LogP contribution is 2.19. The molecule has 2 rings (SSSR count). The van der Waals surface area contributed by atoms with Gasteiger partial charge in [0.1, 0.15) is 11.6 Å². The van der Waals surface area contributed by atoms with E-state index in [1.54, 1.807) is 24.3 Å². The molecule has 0 saturated heterocycles. The molecule has 0 aliphatic rings. The van der Waals surface area contributed by atoms with E-state index in [1.165, 1.54) is 0 Å². The molecule has 0 aliphatic heterocycles. The zero-order valence-corrected chi connectivity index (χ0v) is 13.5. The van der Waals surface area contributed by atoms with Gasteiger partial charge in [0.05, 0.1) is 6.04 Å². The predicted octanol–water partition coefficient (Wildman–Crippen LogP) is 3.62. The smallest absolute Gasteiger partial charge is 0.303 e. The molecule has 2 aromatic carbocycles. The molecule has 0 radical (unpaired) electrons. The topological polar surface area (TPSA) is 66.4 Å². The van der Waals surface area contributed by atoms with Gasteiger partial charge in [0.25, 0.3) is 0 Å². The average molecular weight is 347 g/mol. The summed E-state index contributed by atoms with van der Waals surface area (Å²) in [6.07, 6.45) is 0.213. The first-order chi connectivity index (χ1) is 12.0. The van der Waals surface area contributed by atoms with Crippen molar-refractivity contribution in [3.8, 4) is 0 Å². The Balaban J connectivity index is 1.98. The Hall–Kier alpha value is -2.76. The fraction of sp³-hybridized carbons (Fsp3) is 0.263. The Bertz CT molecular complexity index is 735. The van der Waals surface area contributed by atoms with Crippen LogP contribution in [0.2, 0.25) is 0 Å². The average Bonchev–Trinajstić information content (AvgIpc) is 2.60. The predicted molar refractivity (Wildman–Crippen MR) is 88.9 cm³/mol. The molecule has 1 unspecified atom stereocenters. The number of aryl methyl sites for hydroxylation is 1. The minimum atomic E-state index is -0.947. The molecule has 1 amide bonds. The van der Waals surface area contributed by atoms with E-state index in [0.29, 0.717) is 0 Å². The molecule has 0 fully saturated rings. The van der Waals surface area contributed by atoms with Crippen LogP contribution in [0.5, 0.6) is 0 Å². The van der Waals surface area contributed by atoms with Gasteiger partial charge in [-0.3, -0.25) is 9.59 Å². The fourth-order valence-corrected chi connectivity index (χ4v) is 2.52. The lowest BCUT2D eigenvalue weighted by atomic mass is 10.0. The molecular weight excluding hydrogens is 328 g/mol. The SMILES string of the molecule is O=C(O)CCC(NC(=O)CCc1cc(F)ccc1F)c1ccccc1. The first kappa shape index (κ1) is 18.6. The molecule has 132 valence electrons. The summed E-state index contributed by atoms with van der Waals surface area (Å²) < 4.78 is 26.7. The maximum absolute atomic E-state index is 13.6. The first-order valence-corrected chi connectivity index (χ1v) is 7.95. The van der Waals surface area contributed by atoms with Crippen molar-refractivity contribution in [2.45, 2.75) is 31.7 Å². The Kier molecular flexibility index (Phi) is 6.62. The number of carbonyl (C=O) groups excluding carboxylic acids is 1. The number of halogens is 2. The molecule has 0 saturated carbocycles. The van der Waals surface area contributed by atoms with E-state index >= 15 is 0 Å². The van der Waals surface area contributed by atoms with Crippen LogP contribution in [-0.2, 0) is 16.0 Å². The standard InChI is InChI=1S/C19H19F2NO3/c20-15-7-8-16(21)14(12-15)6-10-18(23)22-17(9-11-19(24)25)13-4-2-1-3-5-13/h1-5,7-8,12,17H,6,9-11H2,(H,22,23)(H,24,25). The summed E-state index contributed by atoms with van der Waals surface area (Å²) in [6, 6.07) is 11.7. The van der Waals surface area contributed by atoms with Gasteiger partial charge in [-0.05, 0) is 42.2 Å². The number of carboxylic acid groups (broad SMARTS) is 1. The zero-order chi connectivity index (χ0) is 18.2. The number of nitrogens with one attached hydrogen (secondary N) is 1. The summed E-state index contributed by atoms with van der Waals surface area (Å²) in [5, 5.41) is 11.6. The molecule has 0 heterocycles. The number of carboxylic acids is 1. The summed E-state index contributed by atoms with van der Waals surface area (Å²) in [5.41, 5.74) is 0.936. The maximum Gasteiger partial charge on any atom is 0.303 e. The van der Waals surface area contributed by atoms with Crippen LogP contribution < -0.4 is 5.32 Å². The van der Waals surface area contributed by atoms with Gasteiger partial charge in [0, 0.05) is 12.8 Å². The molecule has 25 heavy (non-hydrogen) atoms. The van der Waals surface area contributed by atoms with Gasteiger partial charge in [0.2, 0.25) is 5.91 Å². The highest BCUT2D eigenvalue weighted by atomic mass is 19.1. The second kappa shape index (κ2) is 8.92. The molecule has 0 spiro atoms. The third-order valence-corrected chi connectivity index (χ3v) is 3.81. The van der Waals surface area contributed by atoms with Crippen molar-refractivity contribution in [2.75, 3.05) is 0 Å². The van der Waals surface area contributed by atoms with Crippen molar-refractivity contribution in [1.82, 2.24) is 5.32 Å². The molecule has 0 aromatic heterocycles. The second-order valence-corrected chi connectivity index (χ2v) is 5.70. The van der Waals surface area contributed by atoms with Crippen LogP contribution in [0.4, 0.5) is 8.78 Å². The minimum absolute atomic E-state index is 0.0171. The van der Waals surface area contributed by atoms with E-state index in [0.717, 1.165) is 23.8 Å². The fourth-order valence-electron chi connectivity index (χ4n) is 2.52. The van der Waals surface area contributed by atoms with Crippen LogP contribution in [0.3, 0.4) is 0 Å². The van der Waals surface area contributed by atoms with Gasteiger partial charge in [0.15, 0.2) is 0 Å². The van der Waals surface area contributed by atoms with Crippen molar-refractivity contribution in [1.29, 1.82) is 0 Å². The Labute approximate surface area is 144 Å². The van der Waals surface area contributed by atoms with Gasteiger partial charge < -0.3 is 10.4 Å². The van der Waals surface area contributed by atoms with E-state index in [-0.39, 0.29) is 37.2 Å². The van der Waals surface area contributed by atoms with Crippen LogP contribution in [0.15, 0.2) is 48.5 Å². The summed E-state index contributed by atoms with van der Waals surface area (Å²) in [4.78, 5) is 23.0. The van der Waals surface area contributed by atoms with Crippen LogP contribution in [0.25, 0.3) is 0 Å². The van der Waals surface area contributed by atoms with Crippen LogP contribution in [0.1, 0.15) is 36.4 Å². The molecule has 0 bridgehead atoms. The first-order valence-electron chi connectivity index (χ1n) is 7.95. The number of carbonyl (C=O) groups is 2. The highest BCUT2D eigenvalue weighted by Gasteiger charge is 2.16. The number of amides is 1. The zero-order valence-electron chi connectivity index (χ0n) is 13.5. The van der Waals surface area contributed by atoms with Gasteiger partial charge in [-0.25, -0.2) is 8.78 Å². The largest absolute Gasteiger partial charge is 0.481 e. The molecular formula is C19H19F2NO3. The molecule has 0 aliphatic carbocycles. The molecule has 2 aromatic rings. The lowest BCUT2D eigenvalue weighted by Gasteiger charge is -2.18. The summed E-state index contributed by atoms with van der Waals surface area (Å²) in [6.45, 7) is 0. The van der Waals surface area contributed by atoms with Crippen LogP contribution >= 0.6 is 0 Å². The van der Waals surface area contributed by atoms with Crippen LogP contribution in [0, 0.1) is 11.6 Å². The van der Waals surface area contributed by atoms with E-state index in [2.05, 4.69) is 5.32 Å². The maximum atomic E-state index is 13.6. The number of hydrogen-bond acceptors (Lipinski definition) is 2. The van der Waals surface area contributed by atoms with E-state index in [1.807, 2.05) is 6.07 Å². The van der Waals surface area contributed by atoms with Crippen molar-refractivity contribution in [3.63, 3.8) is 0 Å². The Morgan fingerprint density at radius 2 is 1.76 bits per heavy atom. The van der Waals surface area contributed by atoms with E-state index in [9.17, 15) is 18.4 Å². The summed E-state index contributed by atoms with van der Waals surface area (Å²) >= 11 is 0. The highest BCUT2D eigenvalue weighted by molar-refractivity contribution is 5.77. The molecule has 4 nitrogen and oxygen atoms in total. The minimum Gasteiger partial charge on any atom is -0.481 e. The number of aliphatic carboxylic acids is 1. The number of rotatable bonds is 8. The van der Waals surface area contributed by atoms with Crippen LogP contribution in [-0.4, -0.2) is 17.0 Å². The van der Waals surface area contributed by atoms with Gasteiger partial charge in [-0.1, -0.05) is 30.3 Å². The van der Waals surface area contributed by atoms with E-state index < -0.39 is 23.6 Å². The van der Waals surface area contributed by atoms with Crippen molar-refractivity contribution < 1.29 is 23.5 Å². The molecule has 2 N–H and O–H groups in total. The van der Waals surface area contributed by atoms with Crippen molar-refractivity contribution in [3.05, 3.63) is 71.3 Å². The Morgan fingerprint density at radius 3 is 2.44 bits per heavy atom. The second-order valence-electron chi connectivity index (χ2n) is 5.70. The summed E-state index contributed by atoms with van der Waals surface area (Å²) in [7, 11) is 0. The van der Waals surface area contributed by atoms with Crippen molar-refractivity contribution in [2.24, 2.45) is 0 Å². The third-order valence-electron chi connectivity index (χ3n) is 3.81. The van der Waals surface area contributed by atoms with Gasteiger partial charge >= 0.3 is 5.97 Å². The third kappa shape index (κ3) is 5.99. The number of hydrogen-bond donors (Lipinski definition) is 2. The van der Waals surface area contributed by atoms with Gasteiger partial charge in [-0.15, -0.1) is 0 Å². The monoisotopic (exact) mass is 347 g/mol. The summed E-state index contributed by atoms with van der Waals surface area (Å²) in [5.74, 6) is -2.40. The quantitative estimate of drug-likeness (QED) is 0.766. The number of benzene rings is 2. The lowest BCUT2D eigenvalue weighted by Crippen LogP contribution is -2.29. The molecule has 6 heteroatoms. The molecule has 1 atom stereocenters. The van der Waals surface area contributed by atoms with E-state index in [4.69, 9.17) is 5.11 Å². The lowest BCUT2D eigenvalue weighted by molar-refractivity contribution is -0.137.